The molecule has 1 saturated carbocycles. The van der Waals surface area contributed by atoms with Crippen molar-refractivity contribution in [1.29, 1.82) is 0 Å². The van der Waals surface area contributed by atoms with Gasteiger partial charge >= 0.3 is 0 Å². The number of nitrogens with zero attached hydrogens (tertiary/aromatic N) is 3. The quantitative estimate of drug-likeness (QED) is 0.505. The van der Waals surface area contributed by atoms with E-state index in [2.05, 4.69) is 10.2 Å². The third-order valence-electron chi connectivity index (χ3n) is 3.04. The van der Waals surface area contributed by atoms with Crippen molar-refractivity contribution in [3.8, 4) is 5.75 Å². The molecular formula is C13H15ClN4OS. The molecule has 0 atom stereocenters. The molecule has 0 unspecified atom stereocenters. The lowest BCUT2D eigenvalue weighted by Gasteiger charge is -2.07. The molecule has 2 aromatic rings. The third-order valence-corrected chi connectivity index (χ3v) is 4.26. The van der Waals surface area contributed by atoms with Crippen LogP contribution in [0.1, 0.15) is 24.6 Å². The Hall–Kier alpha value is -1.40. The fourth-order valence-electron chi connectivity index (χ4n) is 1.85. The van der Waals surface area contributed by atoms with Gasteiger partial charge in [-0.3, -0.25) is 0 Å². The van der Waals surface area contributed by atoms with Crippen molar-refractivity contribution in [3.05, 3.63) is 35.1 Å². The van der Waals surface area contributed by atoms with Crippen molar-refractivity contribution in [1.82, 2.24) is 14.9 Å². The van der Waals surface area contributed by atoms with Crippen LogP contribution in [0.3, 0.4) is 0 Å². The number of ether oxygens (including phenoxy) is 1. The number of rotatable bonds is 6. The largest absolute Gasteiger partial charge is 0.491 e. The highest BCUT2D eigenvalue weighted by atomic mass is 35.5. The number of benzene rings is 1. The average molecular weight is 311 g/mol. The van der Waals surface area contributed by atoms with E-state index in [4.69, 9.17) is 22.2 Å². The van der Waals surface area contributed by atoms with Crippen molar-refractivity contribution in [2.24, 2.45) is 0 Å². The molecule has 0 spiro atoms. The van der Waals surface area contributed by atoms with E-state index in [0.29, 0.717) is 23.3 Å². The lowest BCUT2D eigenvalue weighted by Crippen LogP contribution is -2.14. The molecule has 3 rings (SSSR count). The molecule has 106 valence electrons. The zero-order valence-corrected chi connectivity index (χ0v) is 12.4. The first kappa shape index (κ1) is 13.6. The maximum Gasteiger partial charge on any atom is 0.209 e. The molecule has 5 nitrogen and oxygen atoms in total. The van der Waals surface area contributed by atoms with E-state index in [9.17, 15) is 0 Å². The second-order valence-electron chi connectivity index (χ2n) is 4.61. The van der Waals surface area contributed by atoms with Crippen molar-refractivity contribution in [3.63, 3.8) is 0 Å². The number of aromatic nitrogens is 3. The second kappa shape index (κ2) is 5.93. The first-order chi connectivity index (χ1) is 9.75. The van der Waals surface area contributed by atoms with Crippen LogP contribution in [0.2, 0.25) is 5.02 Å². The van der Waals surface area contributed by atoms with Crippen molar-refractivity contribution >= 4 is 23.4 Å². The Morgan fingerprint density at radius 1 is 1.35 bits per heavy atom. The van der Waals surface area contributed by atoms with Crippen LogP contribution in [0.5, 0.6) is 5.75 Å². The molecule has 0 aliphatic heterocycles. The number of para-hydroxylation sites is 1. The molecule has 1 aromatic heterocycles. The van der Waals surface area contributed by atoms with Crippen LogP contribution in [0.15, 0.2) is 29.4 Å². The van der Waals surface area contributed by atoms with Gasteiger partial charge in [0.1, 0.15) is 5.75 Å². The Morgan fingerprint density at radius 2 is 2.15 bits per heavy atom. The van der Waals surface area contributed by atoms with Gasteiger partial charge in [-0.15, -0.1) is 10.2 Å². The number of hydrogen-bond donors (Lipinski definition) is 1. The SMILES string of the molecule is Nn1c(SCCOc2ccccc2Cl)nnc1C1CC1. The number of nitrogen functional groups attached to an aromatic ring is 1. The highest BCUT2D eigenvalue weighted by Gasteiger charge is 2.29. The maximum absolute atomic E-state index is 6.01. The number of nitrogens with two attached hydrogens (primary N) is 1. The van der Waals surface area contributed by atoms with E-state index in [-0.39, 0.29) is 0 Å². The minimum atomic E-state index is 0.501. The van der Waals surface area contributed by atoms with Gasteiger partial charge in [-0.2, -0.15) is 0 Å². The molecule has 1 aliphatic rings. The second-order valence-corrected chi connectivity index (χ2v) is 6.08. The maximum atomic E-state index is 6.01. The fourth-order valence-corrected chi connectivity index (χ4v) is 2.72. The van der Waals surface area contributed by atoms with Gasteiger partial charge in [-0.1, -0.05) is 35.5 Å². The van der Waals surface area contributed by atoms with Gasteiger partial charge in [0, 0.05) is 11.7 Å². The van der Waals surface area contributed by atoms with Crippen LogP contribution in [0.4, 0.5) is 0 Å². The average Bonchev–Trinajstić information content (AvgIpc) is 3.22. The number of hydrogen-bond acceptors (Lipinski definition) is 5. The highest BCUT2D eigenvalue weighted by molar-refractivity contribution is 7.99. The summed E-state index contributed by atoms with van der Waals surface area (Å²) in [6.07, 6.45) is 2.32. The topological polar surface area (TPSA) is 66.0 Å². The summed E-state index contributed by atoms with van der Waals surface area (Å²) < 4.78 is 7.21. The number of halogens is 1. The zero-order chi connectivity index (χ0) is 13.9. The summed E-state index contributed by atoms with van der Waals surface area (Å²) in [5.74, 6) is 8.80. The molecule has 0 bridgehead atoms. The predicted octanol–water partition coefficient (Wildman–Crippen LogP) is 2.69. The molecule has 1 heterocycles. The van der Waals surface area contributed by atoms with E-state index >= 15 is 0 Å². The monoisotopic (exact) mass is 310 g/mol. The van der Waals surface area contributed by atoms with E-state index in [1.165, 1.54) is 11.8 Å². The Labute approximate surface area is 126 Å². The first-order valence-electron chi connectivity index (χ1n) is 6.46. The summed E-state index contributed by atoms with van der Waals surface area (Å²) in [6.45, 7) is 0.542. The van der Waals surface area contributed by atoms with E-state index in [1.807, 2.05) is 24.3 Å². The molecule has 1 fully saturated rings. The van der Waals surface area contributed by atoms with Gasteiger partial charge < -0.3 is 10.6 Å². The van der Waals surface area contributed by atoms with Gasteiger partial charge in [0.25, 0.3) is 0 Å². The van der Waals surface area contributed by atoms with E-state index < -0.39 is 0 Å². The standard InChI is InChI=1S/C13H15ClN4OS/c14-10-3-1-2-4-11(10)19-7-8-20-13-17-16-12(18(13)15)9-5-6-9/h1-4,9H,5-8,15H2. The number of thioether (sulfide) groups is 1. The molecule has 0 saturated heterocycles. The molecule has 0 amide bonds. The molecular weight excluding hydrogens is 296 g/mol. The minimum Gasteiger partial charge on any atom is -0.491 e. The van der Waals surface area contributed by atoms with Crippen molar-refractivity contribution in [2.75, 3.05) is 18.2 Å². The normalized spacial score (nSPS) is 14.4. The fraction of sp³-hybridized carbons (Fsp3) is 0.385. The van der Waals surface area contributed by atoms with Crippen LogP contribution in [0.25, 0.3) is 0 Å². The molecule has 20 heavy (non-hydrogen) atoms. The molecule has 2 N–H and O–H groups in total. The van der Waals surface area contributed by atoms with E-state index in [0.717, 1.165) is 29.6 Å². The Balaban J connectivity index is 1.49. The van der Waals surface area contributed by atoms with Crippen molar-refractivity contribution in [2.45, 2.75) is 23.9 Å². The predicted molar refractivity (Wildman–Crippen MR) is 79.8 cm³/mol. The Bertz CT molecular complexity index is 600. The van der Waals surface area contributed by atoms with E-state index in [1.54, 1.807) is 4.68 Å². The Kier molecular flexibility index (Phi) is 4.03. The lowest BCUT2D eigenvalue weighted by molar-refractivity contribution is 0.344. The zero-order valence-electron chi connectivity index (χ0n) is 10.8. The Morgan fingerprint density at radius 3 is 2.90 bits per heavy atom. The smallest absolute Gasteiger partial charge is 0.209 e. The highest BCUT2D eigenvalue weighted by Crippen LogP contribution is 2.39. The van der Waals surface area contributed by atoms with Crippen LogP contribution in [0, 0.1) is 0 Å². The van der Waals surface area contributed by atoms with Gasteiger partial charge in [0.2, 0.25) is 5.16 Å². The summed E-state index contributed by atoms with van der Waals surface area (Å²) in [5, 5.41) is 9.59. The van der Waals surface area contributed by atoms with Gasteiger partial charge in [0.15, 0.2) is 5.82 Å². The van der Waals surface area contributed by atoms with Gasteiger partial charge in [-0.05, 0) is 25.0 Å². The molecule has 0 radical (unpaired) electrons. The summed E-state index contributed by atoms with van der Waals surface area (Å²) in [7, 11) is 0. The lowest BCUT2D eigenvalue weighted by atomic mass is 10.3. The van der Waals surface area contributed by atoms with Gasteiger partial charge in [0.05, 0.1) is 11.6 Å². The van der Waals surface area contributed by atoms with Gasteiger partial charge in [-0.25, -0.2) is 4.68 Å². The molecule has 1 aliphatic carbocycles. The molecule has 7 heteroatoms. The van der Waals surface area contributed by atoms with Crippen LogP contribution in [-0.4, -0.2) is 27.2 Å². The third kappa shape index (κ3) is 3.02. The summed E-state index contributed by atoms with van der Waals surface area (Å²) in [4.78, 5) is 0. The summed E-state index contributed by atoms with van der Waals surface area (Å²) >= 11 is 7.55. The summed E-state index contributed by atoms with van der Waals surface area (Å²) in [5.41, 5.74) is 0. The summed E-state index contributed by atoms with van der Waals surface area (Å²) in [6, 6.07) is 7.43. The van der Waals surface area contributed by atoms with Crippen molar-refractivity contribution < 1.29 is 4.74 Å². The molecule has 1 aromatic carbocycles. The first-order valence-corrected chi connectivity index (χ1v) is 7.82. The minimum absolute atomic E-state index is 0.501. The van der Waals surface area contributed by atoms with Crippen LogP contribution < -0.4 is 10.6 Å². The van der Waals surface area contributed by atoms with Crippen LogP contribution >= 0.6 is 23.4 Å². The van der Waals surface area contributed by atoms with Crippen LogP contribution in [-0.2, 0) is 0 Å².